The minimum Gasteiger partial charge on any atom is -0.479 e. The van der Waals surface area contributed by atoms with Crippen LogP contribution in [0.5, 0.6) is 5.75 Å². The van der Waals surface area contributed by atoms with E-state index in [0.717, 1.165) is 12.8 Å². The first-order valence-corrected chi connectivity index (χ1v) is 9.01. The molecule has 7 heteroatoms. The quantitative estimate of drug-likeness (QED) is 0.770. The molecule has 2 aromatic rings. The van der Waals surface area contributed by atoms with Gasteiger partial charge in [-0.2, -0.15) is 0 Å². The first kappa shape index (κ1) is 18.5. The summed E-state index contributed by atoms with van der Waals surface area (Å²) in [5.74, 6) is -0.0449. The second-order valence-corrected chi connectivity index (χ2v) is 6.99. The zero-order valence-corrected chi connectivity index (χ0v) is 15.6. The molecular formula is C19H18Cl2N2O3. The van der Waals surface area contributed by atoms with Crippen molar-refractivity contribution in [1.82, 2.24) is 5.32 Å². The van der Waals surface area contributed by atoms with E-state index in [-0.39, 0.29) is 11.8 Å². The topological polar surface area (TPSA) is 67.4 Å². The molecule has 0 saturated heterocycles. The van der Waals surface area contributed by atoms with E-state index < -0.39 is 6.10 Å². The highest BCUT2D eigenvalue weighted by Crippen LogP contribution is 2.28. The highest BCUT2D eigenvalue weighted by atomic mass is 35.5. The number of halogens is 2. The first-order valence-electron chi connectivity index (χ1n) is 8.26. The van der Waals surface area contributed by atoms with Crippen LogP contribution >= 0.6 is 23.2 Å². The van der Waals surface area contributed by atoms with Crippen molar-refractivity contribution in [2.24, 2.45) is 0 Å². The molecule has 0 bridgehead atoms. The van der Waals surface area contributed by atoms with Gasteiger partial charge in [0.15, 0.2) is 6.10 Å². The van der Waals surface area contributed by atoms with Gasteiger partial charge in [-0.15, -0.1) is 0 Å². The fourth-order valence-electron chi connectivity index (χ4n) is 2.26. The van der Waals surface area contributed by atoms with Gasteiger partial charge in [-0.25, -0.2) is 0 Å². The molecule has 1 aliphatic rings. The van der Waals surface area contributed by atoms with Crippen molar-refractivity contribution >= 4 is 40.7 Å². The summed E-state index contributed by atoms with van der Waals surface area (Å²) in [6.07, 6.45) is 1.32. The molecule has 3 rings (SSSR count). The maximum Gasteiger partial charge on any atom is 0.265 e. The van der Waals surface area contributed by atoms with Crippen molar-refractivity contribution in [3.63, 3.8) is 0 Å². The number of benzene rings is 2. The zero-order valence-electron chi connectivity index (χ0n) is 14.1. The summed E-state index contributed by atoms with van der Waals surface area (Å²) in [6, 6.07) is 11.8. The molecule has 0 aliphatic heterocycles. The second-order valence-electron chi connectivity index (χ2n) is 6.15. The average molecular weight is 393 g/mol. The van der Waals surface area contributed by atoms with Crippen molar-refractivity contribution in [2.75, 3.05) is 5.32 Å². The van der Waals surface area contributed by atoms with Gasteiger partial charge in [0.2, 0.25) is 0 Å². The Labute approximate surface area is 161 Å². The van der Waals surface area contributed by atoms with Gasteiger partial charge < -0.3 is 15.4 Å². The summed E-state index contributed by atoms with van der Waals surface area (Å²) in [4.78, 5) is 24.2. The van der Waals surface area contributed by atoms with E-state index in [1.165, 1.54) is 0 Å². The van der Waals surface area contributed by atoms with E-state index in [9.17, 15) is 9.59 Å². The molecule has 1 unspecified atom stereocenters. The number of amides is 2. The monoisotopic (exact) mass is 392 g/mol. The second kappa shape index (κ2) is 7.98. The Hall–Kier alpha value is -2.24. The predicted molar refractivity (Wildman–Crippen MR) is 102 cm³/mol. The van der Waals surface area contributed by atoms with Crippen LogP contribution in [0.25, 0.3) is 0 Å². The summed E-state index contributed by atoms with van der Waals surface area (Å²) < 4.78 is 5.58. The largest absolute Gasteiger partial charge is 0.479 e. The highest BCUT2D eigenvalue weighted by Gasteiger charge is 2.23. The third-order valence-corrected chi connectivity index (χ3v) is 4.42. The molecule has 2 aromatic carbocycles. The summed E-state index contributed by atoms with van der Waals surface area (Å²) >= 11 is 11.9. The summed E-state index contributed by atoms with van der Waals surface area (Å²) in [5, 5.41) is 6.49. The molecular weight excluding hydrogens is 375 g/mol. The van der Waals surface area contributed by atoms with Crippen LogP contribution in [0.2, 0.25) is 10.0 Å². The number of nitrogens with one attached hydrogen (secondary N) is 2. The SMILES string of the molecule is CC(Oc1ccc(Cl)cc1Cl)C(=O)Nc1ccc(C(=O)NC2CC2)cc1. The number of carbonyl (C=O) groups excluding carboxylic acids is 2. The normalized spacial score (nSPS) is 14.4. The molecule has 2 amide bonds. The van der Waals surface area contributed by atoms with Crippen LogP contribution in [0.15, 0.2) is 42.5 Å². The van der Waals surface area contributed by atoms with Crippen molar-refractivity contribution < 1.29 is 14.3 Å². The maximum atomic E-state index is 12.3. The van der Waals surface area contributed by atoms with Crippen LogP contribution < -0.4 is 15.4 Å². The molecule has 1 fully saturated rings. The Morgan fingerprint density at radius 3 is 2.42 bits per heavy atom. The molecule has 5 nitrogen and oxygen atoms in total. The van der Waals surface area contributed by atoms with Gasteiger partial charge in [-0.1, -0.05) is 23.2 Å². The van der Waals surface area contributed by atoms with Crippen molar-refractivity contribution in [3.05, 3.63) is 58.1 Å². The number of hydrogen-bond acceptors (Lipinski definition) is 3. The minimum absolute atomic E-state index is 0.0977. The van der Waals surface area contributed by atoms with E-state index in [4.69, 9.17) is 27.9 Å². The van der Waals surface area contributed by atoms with Crippen molar-refractivity contribution in [1.29, 1.82) is 0 Å². The van der Waals surface area contributed by atoms with E-state index in [1.807, 2.05) is 0 Å². The molecule has 0 aromatic heterocycles. The Morgan fingerprint density at radius 2 is 1.81 bits per heavy atom. The number of carbonyl (C=O) groups is 2. The van der Waals surface area contributed by atoms with E-state index in [0.29, 0.717) is 33.1 Å². The third-order valence-electron chi connectivity index (χ3n) is 3.89. The van der Waals surface area contributed by atoms with Gasteiger partial charge in [0, 0.05) is 22.3 Å². The average Bonchev–Trinajstić information content (AvgIpc) is 3.41. The van der Waals surface area contributed by atoms with E-state index >= 15 is 0 Å². The number of hydrogen-bond donors (Lipinski definition) is 2. The lowest BCUT2D eigenvalue weighted by Gasteiger charge is -2.16. The summed E-state index contributed by atoms with van der Waals surface area (Å²) in [5.41, 5.74) is 1.14. The molecule has 2 N–H and O–H groups in total. The molecule has 1 saturated carbocycles. The number of anilines is 1. The van der Waals surface area contributed by atoms with Gasteiger partial charge in [-0.3, -0.25) is 9.59 Å². The third kappa shape index (κ3) is 4.90. The van der Waals surface area contributed by atoms with E-state index in [1.54, 1.807) is 49.4 Å². The standard InChI is InChI=1S/C19H18Cl2N2O3/c1-11(26-17-9-4-13(20)10-16(17)21)18(24)22-14-5-2-12(3-6-14)19(25)23-15-7-8-15/h2-6,9-11,15H,7-8H2,1H3,(H,22,24)(H,23,25). The van der Waals surface area contributed by atoms with Crippen LogP contribution in [0, 0.1) is 0 Å². The van der Waals surface area contributed by atoms with Crippen LogP contribution in [0.1, 0.15) is 30.1 Å². The molecule has 1 aliphatic carbocycles. The van der Waals surface area contributed by atoms with Gasteiger partial charge in [-0.05, 0) is 62.2 Å². The van der Waals surface area contributed by atoms with Crippen molar-refractivity contribution in [2.45, 2.75) is 31.9 Å². The fourth-order valence-corrected chi connectivity index (χ4v) is 2.71. The molecule has 0 spiro atoms. The van der Waals surface area contributed by atoms with Gasteiger partial charge >= 0.3 is 0 Å². The molecule has 1 atom stereocenters. The summed E-state index contributed by atoms with van der Waals surface area (Å²) in [6.45, 7) is 1.62. The Morgan fingerprint density at radius 1 is 1.12 bits per heavy atom. The van der Waals surface area contributed by atoms with Crippen LogP contribution in [0.3, 0.4) is 0 Å². The Kier molecular flexibility index (Phi) is 5.69. The lowest BCUT2D eigenvalue weighted by atomic mass is 10.2. The molecule has 0 radical (unpaired) electrons. The van der Waals surface area contributed by atoms with Crippen molar-refractivity contribution in [3.8, 4) is 5.75 Å². The van der Waals surface area contributed by atoms with E-state index in [2.05, 4.69) is 10.6 Å². The first-order chi connectivity index (χ1) is 12.4. The van der Waals surface area contributed by atoms with Gasteiger partial charge in [0.25, 0.3) is 11.8 Å². The Bertz CT molecular complexity index is 820. The predicted octanol–water partition coefficient (Wildman–Crippen LogP) is 4.29. The van der Waals surface area contributed by atoms with Crippen LogP contribution in [-0.4, -0.2) is 24.0 Å². The molecule has 0 heterocycles. The molecule has 136 valence electrons. The summed E-state index contributed by atoms with van der Waals surface area (Å²) in [7, 11) is 0. The molecule has 26 heavy (non-hydrogen) atoms. The smallest absolute Gasteiger partial charge is 0.265 e. The van der Waals surface area contributed by atoms with Crippen LogP contribution in [0.4, 0.5) is 5.69 Å². The minimum atomic E-state index is -0.758. The lowest BCUT2D eigenvalue weighted by Crippen LogP contribution is -2.30. The lowest BCUT2D eigenvalue weighted by molar-refractivity contribution is -0.122. The number of rotatable bonds is 6. The fraction of sp³-hybridized carbons (Fsp3) is 0.263. The van der Waals surface area contributed by atoms with Gasteiger partial charge in [0.05, 0.1) is 5.02 Å². The van der Waals surface area contributed by atoms with Crippen LogP contribution in [-0.2, 0) is 4.79 Å². The van der Waals surface area contributed by atoms with Gasteiger partial charge in [0.1, 0.15) is 5.75 Å². The zero-order chi connectivity index (χ0) is 18.7. The Balaban J connectivity index is 1.57. The maximum absolute atomic E-state index is 12.3. The number of ether oxygens (including phenoxy) is 1. The highest BCUT2D eigenvalue weighted by molar-refractivity contribution is 6.35.